The molecule has 0 radical (unpaired) electrons. The van der Waals surface area contributed by atoms with Gasteiger partial charge in [0, 0.05) is 20.0 Å². The van der Waals surface area contributed by atoms with Crippen molar-refractivity contribution in [2.24, 2.45) is 17.8 Å². The third kappa shape index (κ3) is 1.54. The Morgan fingerprint density at radius 3 is 2.14 bits per heavy atom. The minimum Gasteiger partial charge on any atom is -0.393 e. The summed E-state index contributed by atoms with van der Waals surface area (Å²) in [5.41, 5.74) is 0. The minimum atomic E-state index is -0.124. The van der Waals surface area contributed by atoms with E-state index in [0.29, 0.717) is 11.8 Å². The number of aliphatic hydroxyl groups is 1. The third-order valence-electron chi connectivity index (χ3n) is 3.84. The lowest BCUT2D eigenvalue weighted by Crippen LogP contribution is -2.38. The van der Waals surface area contributed by atoms with Crippen LogP contribution in [-0.4, -0.2) is 36.1 Å². The van der Waals surface area contributed by atoms with Gasteiger partial charge in [0.2, 0.25) is 5.91 Å². The number of fused-ring (bicyclic) bond motifs is 2. The monoisotopic (exact) mass is 197 g/mol. The maximum Gasteiger partial charge on any atom is 0.225 e. The van der Waals surface area contributed by atoms with Crippen molar-refractivity contribution in [3.63, 3.8) is 0 Å². The number of nitrogens with zero attached hydrogens (tertiary/aromatic N) is 1. The van der Waals surface area contributed by atoms with Crippen LogP contribution in [-0.2, 0) is 4.79 Å². The Balaban J connectivity index is 2.02. The Morgan fingerprint density at radius 2 is 1.71 bits per heavy atom. The number of amides is 1. The molecular weight excluding hydrogens is 178 g/mol. The van der Waals surface area contributed by atoms with Gasteiger partial charge in [-0.25, -0.2) is 0 Å². The van der Waals surface area contributed by atoms with E-state index in [1.165, 1.54) is 0 Å². The molecule has 0 aromatic carbocycles. The van der Waals surface area contributed by atoms with Crippen LogP contribution in [0.3, 0.4) is 0 Å². The lowest BCUT2D eigenvalue weighted by atomic mass is 9.78. The quantitative estimate of drug-likeness (QED) is 0.677. The second-order valence-electron chi connectivity index (χ2n) is 4.99. The summed E-state index contributed by atoms with van der Waals surface area (Å²) in [6.45, 7) is 0. The van der Waals surface area contributed by atoms with Gasteiger partial charge in [-0.15, -0.1) is 0 Å². The standard InChI is InChI=1S/C11H19NO2/c1-12(2)11(14)9-5-7-3-4-8(6-9)10(7)13/h7-10,13H,3-6H2,1-2H3/t7-,8-,9?,10?/m1/s1. The zero-order valence-electron chi connectivity index (χ0n) is 8.94. The van der Waals surface area contributed by atoms with E-state index in [1.807, 2.05) is 14.1 Å². The highest BCUT2D eigenvalue weighted by Gasteiger charge is 2.43. The van der Waals surface area contributed by atoms with E-state index in [-0.39, 0.29) is 17.9 Å². The molecule has 2 rings (SSSR count). The Kier molecular flexibility index (Phi) is 2.52. The molecule has 80 valence electrons. The van der Waals surface area contributed by atoms with Gasteiger partial charge in [0.1, 0.15) is 0 Å². The molecule has 0 saturated heterocycles. The Bertz CT molecular complexity index is 225. The van der Waals surface area contributed by atoms with E-state index in [1.54, 1.807) is 4.90 Å². The molecule has 2 atom stereocenters. The zero-order valence-corrected chi connectivity index (χ0v) is 8.94. The number of rotatable bonds is 1. The van der Waals surface area contributed by atoms with Gasteiger partial charge in [-0.1, -0.05) is 0 Å². The first kappa shape index (κ1) is 9.97. The Hall–Kier alpha value is -0.570. The third-order valence-corrected chi connectivity index (χ3v) is 3.84. The highest BCUT2D eigenvalue weighted by Crippen LogP contribution is 2.45. The fraction of sp³-hybridized carbons (Fsp3) is 0.909. The number of hydrogen-bond donors (Lipinski definition) is 1. The lowest BCUT2D eigenvalue weighted by Gasteiger charge is -2.32. The highest BCUT2D eigenvalue weighted by atomic mass is 16.3. The van der Waals surface area contributed by atoms with Crippen LogP contribution in [0.25, 0.3) is 0 Å². The molecule has 1 amide bonds. The van der Waals surface area contributed by atoms with Crippen LogP contribution in [0.2, 0.25) is 0 Å². The van der Waals surface area contributed by atoms with Crippen LogP contribution < -0.4 is 0 Å². The highest BCUT2D eigenvalue weighted by molar-refractivity contribution is 5.78. The van der Waals surface area contributed by atoms with Crippen molar-refractivity contribution in [3.8, 4) is 0 Å². The van der Waals surface area contributed by atoms with Crippen molar-refractivity contribution < 1.29 is 9.90 Å². The molecule has 0 spiro atoms. The molecule has 2 fully saturated rings. The van der Waals surface area contributed by atoms with Crippen molar-refractivity contribution >= 4 is 5.91 Å². The van der Waals surface area contributed by atoms with E-state index in [4.69, 9.17) is 0 Å². The van der Waals surface area contributed by atoms with E-state index < -0.39 is 0 Å². The van der Waals surface area contributed by atoms with Crippen LogP contribution in [0.1, 0.15) is 25.7 Å². The molecule has 0 unspecified atom stereocenters. The fourth-order valence-corrected chi connectivity index (χ4v) is 3.06. The summed E-state index contributed by atoms with van der Waals surface area (Å²) in [6, 6.07) is 0. The van der Waals surface area contributed by atoms with E-state index in [0.717, 1.165) is 25.7 Å². The largest absolute Gasteiger partial charge is 0.393 e. The second-order valence-corrected chi connectivity index (χ2v) is 4.99. The van der Waals surface area contributed by atoms with Gasteiger partial charge in [0.15, 0.2) is 0 Å². The van der Waals surface area contributed by atoms with Gasteiger partial charge in [0.05, 0.1) is 6.10 Å². The van der Waals surface area contributed by atoms with Crippen molar-refractivity contribution in [2.75, 3.05) is 14.1 Å². The smallest absolute Gasteiger partial charge is 0.225 e. The van der Waals surface area contributed by atoms with Crippen molar-refractivity contribution in [3.05, 3.63) is 0 Å². The number of carbonyl (C=O) groups is 1. The molecule has 3 nitrogen and oxygen atoms in total. The molecule has 0 aromatic heterocycles. The zero-order chi connectivity index (χ0) is 10.3. The molecule has 2 aliphatic rings. The summed E-state index contributed by atoms with van der Waals surface area (Å²) in [5, 5.41) is 9.82. The predicted octanol–water partition coefficient (Wildman–Crippen LogP) is 0.872. The topological polar surface area (TPSA) is 40.5 Å². The Morgan fingerprint density at radius 1 is 1.21 bits per heavy atom. The maximum absolute atomic E-state index is 11.8. The van der Waals surface area contributed by atoms with E-state index in [2.05, 4.69) is 0 Å². The first-order chi connectivity index (χ1) is 6.59. The first-order valence-electron chi connectivity index (χ1n) is 5.49. The summed E-state index contributed by atoms with van der Waals surface area (Å²) >= 11 is 0. The maximum atomic E-state index is 11.8. The average molecular weight is 197 g/mol. The summed E-state index contributed by atoms with van der Waals surface area (Å²) in [7, 11) is 3.63. The number of hydrogen-bond acceptors (Lipinski definition) is 2. The van der Waals surface area contributed by atoms with Gasteiger partial charge in [0.25, 0.3) is 0 Å². The number of aliphatic hydroxyl groups excluding tert-OH is 1. The van der Waals surface area contributed by atoms with Gasteiger partial charge in [-0.2, -0.15) is 0 Å². The molecular formula is C11H19NO2. The average Bonchev–Trinajstić information content (AvgIpc) is 2.42. The van der Waals surface area contributed by atoms with Crippen LogP contribution in [0, 0.1) is 17.8 Å². The predicted molar refractivity (Wildman–Crippen MR) is 53.6 cm³/mol. The second kappa shape index (κ2) is 3.54. The summed E-state index contributed by atoms with van der Waals surface area (Å²) in [4.78, 5) is 13.5. The molecule has 1 N–H and O–H groups in total. The SMILES string of the molecule is CN(C)C(=O)C1C[C@H]2CC[C@H](C1)C2O. The molecule has 2 aliphatic carbocycles. The van der Waals surface area contributed by atoms with Crippen LogP contribution in [0.5, 0.6) is 0 Å². The molecule has 0 heterocycles. The van der Waals surface area contributed by atoms with Gasteiger partial charge < -0.3 is 10.0 Å². The molecule has 0 aliphatic heterocycles. The van der Waals surface area contributed by atoms with Crippen molar-refractivity contribution in [1.82, 2.24) is 4.90 Å². The minimum absolute atomic E-state index is 0.124. The summed E-state index contributed by atoms with van der Waals surface area (Å²) < 4.78 is 0. The van der Waals surface area contributed by atoms with E-state index >= 15 is 0 Å². The molecule has 2 bridgehead atoms. The molecule has 2 saturated carbocycles. The fourth-order valence-electron chi connectivity index (χ4n) is 3.06. The molecule has 3 heteroatoms. The number of carbonyl (C=O) groups excluding carboxylic acids is 1. The molecule has 0 aromatic rings. The normalized spacial score (nSPS) is 41.1. The summed E-state index contributed by atoms with van der Waals surface area (Å²) in [6.07, 6.45) is 3.90. The van der Waals surface area contributed by atoms with Crippen molar-refractivity contribution in [1.29, 1.82) is 0 Å². The summed E-state index contributed by atoms with van der Waals surface area (Å²) in [5.74, 6) is 1.20. The van der Waals surface area contributed by atoms with Gasteiger partial charge in [-0.05, 0) is 37.5 Å². The molecule has 14 heavy (non-hydrogen) atoms. The van der Waals surface area contributed by atoms with E-state index in [9.17, 15) is 9.90 Å². The van der Waals surface area contributed by atoms with Crippen LogP contribution >= 0.6 is 0 Å². The lowest BCUT2D eigenvalue weighted by molar-refractivity contribution is -0.136. The van der Waals surface area contributed by atoms with Crippen LogP contribution in [0.15, 0.2) is 0 Å². The first-order valence-corrected chi connectivity index (χ1v) is 5.49. The van der Waals surface area contributed by atoms with Gasteiger partial charge in [-0.3, -0.25) is 4.79 Å². The van der Waals surface area contributed by atoms with Crippen LogP contribution in [0.4, 0.5) is 0 Å². The Labute approximate surface area is 85.1 Å². The van der Waals surface area contributed by atoms with Gasteiger partial charge >= 0.3 is 0 Å². The van der Waals surface area contributed by atoms with Crippen molar-refractivity contribution in [2.45, 2.75) is 31.8 Å².